The summed E-state index contributed by atoms with van der Waals surface area (Å²) in [4.78, 5) is 12.1. The Hall–Kier alpha value is -3.28. The number of hydrogen-bond donors (Lipinski definition) is 2. The van der Waals surface area contributed by atoms with Crippen LogP contribution in [0.2, 0.25) is 0 Å². The van der Waals surface area contributed by atoms with Gasteiger partial charge >= 0.3 is 0 Å². The number of anilines is 1. The van der Waals surface area contributed by atoms with Crippen LogP contribution in [0.5, 0.6) is 11.5 Å². The summed E-state index contributed by atoms with van der Waals surface area (Å²) in [6.45, 7) is 0.212. The van der Waals surface area contributed by atoms with Crippen molar-refractivity contribution in [3.05, 3.63) is 72.6 Å². The second-order valence-electron chi connectivity index (χ2n) is 4.83. The van der Waals surface area contributed by atoms with Gasteiger partial charge < -0.3 is 15.2 Å². The topological polar surface area (TPSA) is 76.4 Å². The van der Waals surface area contributed by atoms with Gasteiger partial charge in [-0.05, 0) is 30.3 Å². The van der Waals surface area contributed by atoms with Crippen LogP contribution in [0.1, 0.15) is 10.5 Å². The molecule has 0 unspecified atom stereocenters. The van der Waals surface area contributed by atoms with Gasteiger partial charge in [-0.3, -0.25) is 4.79 Å². The molecule has 0 aliphatic carbocycles. The highest BCUT2D eigenvalue weighted by Gasteiger charge is 2.10. The third-order valence-electron chi connectivity index (χ3n) is 3.08. The molecule has 6 heteroatoms. The molecule has 3 aromatic rings. The van der Waals surface area contributed by atoms with Crippen LogP contribution in [0.15, 0.2) is 66.9 Å². The lowest BCUT2D eigenvalue weighted by atomic mass is 10.3. The molecule has 2 N–H and O–H groups in total. The number of phenolic OH excluding ortho intramolecular Hbond substituents is 1. The van der Waals surface area contributed by atoms with E-state index >= 15 is 0 Å². The van der Waals surface area contributed by atoms with Crippen LogP contribution < -0.4 is 10.1 Å². The second kappa shape index (κ2) is 6.65. The minimum Gasteiger partial charge on any atom is -0.508 e. The molecule has 23 heavy (non-hydrogen) atoms. The SMILES string of the molecule is O=C(Nc1cccc(O)c1)c1ccn(COc2ccccc2)n1. The van der Waals surface area contributed by atoms with Crippen molar-refractivity contribution in [3.8, 4) is 11.5 Å². The van der Waals surface area contributed by atoms with Gasteiger partial charge in [-0.25, -0.2) is 4.68 Å². The summed E-state index contributed by atoms with van der Waals surface area (Å²) in [6, 6.07) is 17.3. The van der Waals surface area contributed by atoms with Crippen LogP contribution in [0, 0.1) is 0 Å². The lowest BCUT2D eigenvalue weighted by Crippen LogP contribution is -2.14. The van der Waals surface area contributed by atoms with Crippen molar-refractivity contribution in [3.63, 3.8) is 0 Å². The van der Waals surface area contributed by atoms with Crippen molar-refractivity contribution in [2.24, 2.45) is 0 Å². The van der Waals surface area contributed by atoms with Crippen molar-refractivity contribution < 1.29 is 14.6 Å². The molecule has 1 heterocycles. The van der Waals surface area contributed by atoms with Crippen LogP contribution in [-0.2, 0) is 6.73 Å². The Bertz CT molecular complexity index is 800. The fourth-order valence-corrected chi connectivity index (χ4v) is 1.99. The Morgan fingerprint density at radius 1 is 1.13 bits per heavy atom. The molecule has 0 radical (unpaired) electrons. The number of aromatic hydroxyl groups is 1. The number of amides is 1. The first-order chi connectivity index (χ1) is 11.2. The van der Waals surface area contributed by atoms with Gasteiger partial charge in [0.15, 0.2) is 12.4 Å². The van der Waals surface area contributed by atoms with Gasteiger partial charge in [0, 0.05) is 18.0 Å². The molecule has 2 aromatic carbocycles. The van der Waals surface area contributed by atoms with E-state index in [0.29, 0.717) is 5.69 Å². The predicted octanol–water partition coefficient (Wildman–Crippen LogP) is 2.88. The van der Waals surface area contributed by atoms with Crippen molar-refractivity contribution in [1.82, 2.24) is 9.78 Å². The quantitative estimate of drug-likeness (QED) is 0.760. The summed E-state index contributed by atoms with van der Waals surface area (Å²) in [7, 11) is 0. The first-order valence-electron chi connectivity index (χ1n) is 7.02. The molecule has 0 bridgehead atoms. The Labute approximate surface area is 133 Å². The predicted molar refractivity (Wildman–Crippen MR) is 85.4 cm³/mol. The number of carbonyl (C=O) groups excluding carboxylic acids is 1. The highest BCUT2D eigenvalue weighted by Crippen LogP contribution is 2.16. The number of hydrogen-bond acceptors (Lipinski definition) is 4. The van der Waals surface area contributed by atoms with E-state index in [0.717, 1.165) is 5.75 Å². The third kappa shape index (κ3) is 3.88. The zero-order valence-corrected chi connectivity index (χ0v) is 12.2. The molecule has 1 aromatic heterocycles. The molecule has 0 spiro atoms. The number of aromatic nitrogens is 2. The van der Waals surface area contributed by atoms with E-state index in [2.05, 4.69) is 10.4 Å². The Morgan fingerprint density at radius 3 is 2.74 bits per heavy atom. The van der Waals surface area contributed by atoms with E-state index in [9.17, 15) is 9.90 Å². The molecule has 116 valence electrons. The monoisotopic (exact) mass is 309 g/mol. The van der Waals surface area contributed by atoms with Gasteiger partial charge in [0.25, 0.3) is 5.91 Å². The molecule has 6 nitrogen and oxygen atoms in total. The van der Waals surface area contributed by atoms with Crippen LogP contribution in [-0.4, -0.2) is 20.8 Å². The van der Waals surface area contributed by atoms with E-state index in [-0.39, 0.29) is 24.1 Å². The molecule has 0 saturated heterocycles. The average molecular weight is 309 g/mol. The zero-order valence-electron chi connectivity index (χ0n) is 12.2. The summed E-state index contributed by atoms with van der Waals surface area (Å²) in [5.74, 6) is 0.465. The normalized spacial score (nSPS) is 10.3. The molecule has 0 atom stereocenters. The number of carbonyl (C=O) groups is 1. The summed E-state index contributed by atoms with van der Waals surface area (Å²) in [6.07, 6.45) is 1.67. The Balaban J connectivity index is 1.61. The van der Waals surface area contributed by atoms with Gasteiger partial charge in [-0.1, -0.05) is 24.3 Å². The number of nitrogens with zero attached hydrogens (tertiary/aromatic N) is 2. The molecular weight excluding hydrogens is 294 g/mol. The molecular formula is C17H15N3O3. The highest BCUT2D eigenvalue weighted by atomic mass is 16.5. The molecule has 0 aliphatic heterocycles. The van der Waals surface area contributed by atoms with Gasteiger partial charge in [-0.15, -0.1) is 0 Å². The van der Waals surface area contributed by atoms with E-state index in [4.69, 9.17) is 4.74 Å². The highest BCUT2D eigenvalue weighted by molar-refractivity contribution is 6.02. The lowest BCUT2D eigenvalue weighted by molar-refractivity contribution is 0.102. The summed E-state index contributed by atoms with van der Waals surface area (Å²) in [5, 5.41) is 16.2. The maximum Gasteiger partial charge on any atom is 0.276 e. The van der Waals surface area contributed by atoms with Crippen molar-refractivity contribution in [1.29, 1.82) is 0 Å². The third-order valence-corrected chi connectivity index (χ3v) is 3.08. The molecule has 1 amide bonds. The number of para-hydroxylation sites is 1. The lowest BCUT2D eigenvalue weighted by Gasteiger charge is -2.06. The maximum absolute atomic E-state index is 12.1. The number of phenols is 1. The number of rotatable bonds is 5. The van der Waals surface area contributed by atoms with E-state index in [1.807, 2.05) is 30.3 Å². The largest absolute Gasteiger partial charge is 0.508 e. The fourth-order valence-electron chi connectivity index (χ4n) is 1.99. The summed E-state index contributed by atoms with van der Waals surface area (Å²) in [5.41, 5.74) is 0.773. The van der Waals surface area contributed by atoms with Crippen LogP contribution in [0.25, 0.3) is 0 Å². The number of ether oxygens (including phenoxy) is 1. The minimum atomic E-state index is -0.353. The van der Waals surface area contributed by atoms with E-state index in [1.54, 1.807) is 24.4 Å². The van der Waals surface area contributed by atoms with Crippen molar-refractivity contribution in [2.75, 3.05) is 5.32 Å². The van der Waals surface area contributed by atoms with Gasteiger partial charge in [0.1, 0.15) is 11.5 Å². The number of nitrogens with one attached hydrogen (secondary N) is 1. The maximum atomic E-state index is 12.1. The second-order valence-corrected chi connectivity index (χ2v) is 4.83. The summed E-state index contributed by atoms with van der Waals surface area (Å²) >= 11 is 0. The summed E-state index contributed by atoms with van der Waals surface area (Å²) < 4.78 is 7.09. The van der Waals surface area contributed by atoms with Crippen LogP contribution in [0.4, 0.5) is 5.69 Å². The van der Waals surface area contributed by atoms with Gasteiger partial charge in [-0.2, -0.15) is 5.10 Å². The standard InChI is InChI=1S/C17H15N3O3/c21-14-6-4-5-13(11-14)18-17(22)16-9-10-20(19-16)12-23-15-7-2-1-3-8-15/h1-11,21H,12H2,(H,18,22). The van der Waals surface area contributed by atoms with Crippen LogP contribution >= 0.6 is 0 Å². The van der Waals surface area contributed by atoms with Gasteiger partial charge in [0.2, 0.25) is 0 Å². The zero-order chi connectivity index (χ0) is 16.1. The molecule has 0 saturated carbocycles. The molecule has 3 rings (SSSR count). The first-order valence-corrected chi connectivity index (χ1v) is 7.02. The van der Waals surface area contributed by atoms with Crippen LogP contribution in [0.3, 0.4) is 0 Å². The van der Waals surface area contributed by atoms with E-state index < -0.39 is 0 Å². The minimum absolute atomic E-state index is 0.0876. The first kappa shape index (κ1) is 14.6. The Kier molecular flexibility index (Phi) is 4.24. The van der Waals surface area contributed by atoms with E-state index in [1.165, 1.54) is 16.8 Å². The molecule has 0 aliphatic rings. The number of benzene rings is 2. The average Bonchev–Trinajstić information content (AvgIpc) is 3.03. The molecule has 0 fully saturated rings. The smallest absolute Gasteiger partial charge is 0.276 e. The Morgan fingerprint density at radius 2 is 1.96 bits per heavy atom. The van der Waals surface area contributed by atoms with Crippen molar-refractivity contribution in [2.45, 2.75) is 6.73 Å². The van der Waals surface area contributed by atoms with Gasteiger partial charge in [0.05, 0.1) is 0 Å². The fraction of sp³-hybridized carbons (Fsp3) is 0.0588. The van der Waals surface area contributed by atoms with Crippen molar-refractivity contribution >= 4 is 11.6 Å².